The van der Waals surface area contributed by atoms with Crippen LogP contribution in [0.1, 0.15) is 15.6 Å². The zero-order valence-electron chi connectivity index (χ0n) is 13.4. The summed E-state index contributed by atoms with van der Waals surface area (Å²) in [7, 11) is -3.61. The van der Waals surface area contributed by atoms with Crippen LogP contribution in [0.15, 0.2) is 47.6 Å². The third kappa shape index (κ3) is 2.99. The van der Waals surface area contributed by atoms with Gasteiger partial charge in [-0.1, -0.05) is 18.2 Å². The van der Waals surface area contributed by atoms with Gasteiger partial charge >= 0.3 is 0 Å². The number of hydrogen-bond acceptors (Lipinski definition) is 6. The minimum Gasteiger partial charge on any atom is -0.325 e. The lowest BCUT2D eigenvalue weighted by Crippen LogP contribution is -2.35. The molecule has 1 aromatic carbocycles. The summed E-state index contributed by atoms with van der Waals surface area (Å²) in [6.07, 6.45) is 3.61. The number of hydrogen-bond donors (Lipinski definition) is 1. The van der Waals surface area contributed by atoms with Crippen LogP contribution in [0.4, 0.5) is 0 Å². The van der Waals surface area contributed by atoms with Crippen LogP contribution in [-0.2, 0) is 29.5 Å². The van der Waals surface area contributed by atoms with Crippen molar-refractivity contribution in [2.75, 3.05) is 6.54 Å². The molecule has 0 spiro atoms. The largest absolute Gasteiger partial charge is 0.325 e. The first kappa shape index (κ1) is 16.4. The molecule has 0 aliphatic carbocycles. The zero-order valence-corrected chi connectivity index (χ0v) is 15.0. The lowest BCUT2D eigenvalue weighted by Gasteiger charge is -2.24. The van der Waals surface area contributed by atoms with Gasteiger partial charge in [0.2, 0.25) is 10.0 Å². The number of benzene rings is 1. The van der Waals surface area contributed by atoms with Gasteiger partial charge in [0, 0.05) is 18.0 Å². The zero-order chi connectivity index (χ0) is 17.4. The van der Waals surface area contributed by atoms with E-state index in [4.69, 9.17) is 5.73 Å². The molecule has 4 rings (SSSR count). The number of nitrogens with two attached hydrogens (primary N) is 1. The highest BCUT2D eigenvalue weighted by molar-refractivity contribution is 7.89. The molecule has 1 aliphatic heterocycles. The van der Waals surface area contributed by atoms with E-state index in [-0.39, 0.29) is 11.4 Å². The molecular weight excluding hydrogens is 358 g/mol. The Bertz CT molecular complexity index is 995. The third-order valence-electron chi connectivity index (χ3n) is 4.13. The summed E-state index contributed by atoms with van der Waals surface area (Å²) in [6.45, 7) is 1.11. The summed E-state index contributed by atoms with van der Waals surface area (Å²) in [5, 5.41) is 5.04. The Morgan fingerprint density at radius 2 is 2.04 bits per heavy atom. The number of aromatic nitrogens is 3. The smallest absolute Gasteiger partial charge is 0.246 e. The van der Waals surface area contributed by atoms with Gasteiger partial charge in [0.1, 0.15) is 9.90 Å². The molecule has 2 N–H and O–H groups in total. The van der Waals surface area contributed by atoms with E-state index in [1.807, 2.05) is 30.3 Å². The van der Waals surface area contributed by atoms with Crippen molar-refractivity contribution in [3.05, 3.63) is 58.3 Å². The number of thiazole rings is 1. The van der Waals surface area contributed by atoms with Gasteiger partial charge in [-0.05, 0) is 18.6 Å². The second-order valence-corrected chi connectivity index (χ2v) is 8.83. The normalized spacial score (nSPS) is 15.2. The molecule has 9 heteroatoms. The molecule has 1 aliphatic rings. The average Bonchev–Trinajstić information content (AvgIpc) is 3.29. The van der Waals surface area contributed by atoms with E-state index in [1.54, 1.807) is 22.2 Å². The first-order valence-electron chi connectivity index (χ1n) is 7.85. The Morgan fingerprint density at radius 3 is 2.80 bits per heavy atom. The highest BCUT2D eigenvalue weighted by Gasteiger charge is 2.31. The van der Waals surface area contributed by atoms with Crippen molar-refractivity contribution >= 4 is 21.4 Å². The van der Waals surface area contributed by atoms with Gasteiger partial charge in [-0.2, -0.15) is 9.40 Å². The van der Waals surface area contributed by atoms with Gasteiger partial charge < -0.3 is 5.73 Å². The number of sulfonamides is 1. The number of fused-ring (bicyclic) bond motifs is 1. The SMILES string of the molecule is NCc1nc2c(s1)CCN(S(=O)(=O)c1cnn(-c3ccccc3)c1)C2. The van der Waals surface area contributed by atoms with Gasteiger partial charge in [-0.25, -0.2) is 18.1 Å². The molecule has 0 radical (unpaired) electrons. The third-order valence-corrected chi connectivity index (χ3v) is 7.11. The minimum absolute atomic E-state index is 0.189. The molecule has 0 amide bonds. The molecule has 0 fully saturated rings. The van der Waals surface area contributed by atoms with E-state index >= 15 is 0 Å². The molecule has 3 heterocycles. The lowest BCUT2D eigenvalue weighted by atomic mass is 10.2. The van der Waals surface area contributed by atoms with Crippen molar-refractivity contribution in [2.24, 2.45) is 5.73 Å². The van der Waals surface area contributed by atoms with Gasteiger partial charge in [-0.15, -0.1) is 11.3 Å². The Morgan fingerprint density at radius 1 is 1.24 bits per heavy atom. The van der Waals surface area contributed by atoms with E-state index in [1.165, 1.54) is 10.5 Å². The fourth-order valence-corrected chi connectivity index (χ4v) is 5.11. The second kappa shape index (κ2) is 6.34. The molecule has 0 atom stereocenters. The fourth-order valence-electron chi connectivity index (χ4n) is 2.83. The first-order chi connectivity index (χ1) is 12.1. The van der Waals surface area contributed by atoms with Crippen LogP contribution in [0.2, 0.25) is 0 Å². The molecule has 0 unspecified atom stereocenters. The lowest BCUT2D eigenvalue weighted by molar-refractivity contribution is 0.389. The molecule has 130 valence electrons. The summed E-state index contributed by atoms with van der Waals surface area (Å²) < 4.78 is 28.9. The van der Waals surface area contributed by atoms with E-state index < -0.39 is 10.0 Å². The van der Waals surface area contributed by atoms with Crippen molar-refractivity contribution in [1.82, 2.24) is 19.1 Å². The number of rotatable bonds is 4. The Labute approximate surface area is 149 Å². The van der Waals surface area contributed by atoms with E-state index in [0.717, 1.165) is 21.3 Å². The summed E-state index contributed by atoms with van der Waals surface area (Å²) in [6, 6.07) is 9.42. The molecule has 0 bridgehead atoms. The van der Waals surface area contributed by atoms with E-state index in [2.05, 4.69) is 10.1 Å². The quantitative estimate of drug-likeness (QED) is 0.746. The van der Waals surface area contributed by atoms with Crippen molar-refractivity contribution in [2.45, 2.75) is 24.4 Å². The molecular formula is C16H17N5O2S2. The maximum absolute atomic E-state index is 12.9. The Kier molecular flexibility index (Phi) is 4.16. The second-order valence-electron chi connectivity index (χ2n) is 5.73. The van der Waals surface area contributed by atoms with Crippen LogP contribution >= 0.6 is 11.3 Å². The highest BCUT2D eigenvalue weighted by Crippen LogP contribution is 2.28. The van der Waals surface area contributed by atoms with Crippen LogP contribution in [-0.4, -0.2) is 34.0 Å². The van der Waals surface area contributed by atoms with Crippen molar-refractivity contribution in [1.29, 1.82) is 0 Å². The van der Waals surface area contributed by atoms with Crippen LogP contribution in [0.25, 0.3) is 5.69 Å². The highest BCUT2D eigenvalue weighted by atomic mass is 32.2. The van der Waals surface area contributed by atoms with Crippen molar-refractivity contribution in [3.63, 3.8) is 0 Å². The van der Waals surface area contributed by atoms with Gasteiger partial charge in [-0.3, -0.25) is 0 Å². The standard InChI is InChI=1S/C16H17N5O2S2/c17-8-16-19-14-11-20(7-6-15(14)24-16)25(22,23)13-9-18-21(10-13)12-4-2-1-3-5-12/h1-5,9-10H,6-8,11,17H2. The monoisotopic (exact) mass is 375 g/mol. The van der Waals surface area contributed by atoms with Crippen LogP contribution < -0.4 is 5.73 Å². The molecule has 3 aromatic rings. The summed E-state index contributed by atoms with van der Waals surface area (Å²) in [4.78, 5) is 5.77. The van der Waals surface area contributed by atoms with Gasteiger partial charge in [0.05, 0.1) is 30.3 Å². The van der Waals surface area contributed by atoms with Crippen LogP contribution in [0.5, 0.6) is 0 Å². The summed E-state index contributed by atoms with van der Waals surface area (Å²) in [5.74, 6) is 0. The predicted molar refractivity (Wildman–Crippen MR) is 94.9 cm³/mol. The van der Waals surface area contributed by atoms with E-state index in [9.17, 15) is 8.42 Å². The molecule has 7 nitrogen and oxygen atoms in total. The van der Waals surface area contributed by atoms with Gasteiger partial charge in [0.15, 0.2) is 0 Å². The maximum Gasteiger partial charge on any atom is 0.246 e. The topological polar surface area (TPSA) is 94.1 Å². The van der Waals surface area contributed by atoms with Crippen molar-refractivity contribution < 1.29 is 8.42 Å². The number of nitrogens with zero attached hydrogens (tertiary/aromatic N) is 4. The predicted octanol–water partition coefficient (Wildman–Crippen LogP) is 1.53. The fraction of sp³-hybridized carbons (Fsp3) is 0.250. The van der Waals surface area contributed by atoms with E-state index in [0.29, 0.717) is 19.5 Å². The van der Waals surface area contributed by atoms with Crippen LogP contribution in [0, 0.1) is 0 Å². The summed E-state index contributed by atoms with van der Waals surface area (Å²) in [5.41, 5.74) is 7.27. The molecule has 25 heavy (non-hydrogen) atoms. The Hall–Kier alpha value is -2.07. The Balaban J connectivity index is 1.61. The minimum atomic E-state index is -3.61. The van der Waals surface area contributed by atoms with Crippen molar-refractivity contribution in [3.8, 4) is 5.69 Å². The molecule has 0 saturated carbocycles. The van der Waals surface area contributed by atoms with Crippen LogP contribution in [0.3, 0.4) is 0 Å². The molecule has 2 aromatic heterocycles. The molecule has 0 saturated heterocycles. The summed E-state index contributed by atoms with van der Waals surface area (Å²) >= 11 is 1.57. The maximum atomic E-state index is 12.9. The average molecular weight is 375 g/mol. The van der Waals surface area contributed by atoms with Gasteiger partial charge in [0.25, 0.3) is 0 Å². The first-order valence-corrected chi connectivity index (χ1v) is 10.1. The number of para-hydroxylation sites is 1.